The van der Waals surface area contributed by atoms with E-state index in [9.17, 15) is 9.18 Å². The van der Waals surface area contributed by atoms with Gasteiger partial charge in [0, 0.05) is 38.6 Å². The first kappa shape index (κ1) is 17.9. The largest absolute Gasteiger partial charge is 0.325 e. The van der Waals surface area contributed by atoms with Gasteiger partial charge in [-0.3, -0.25) is 4.98 Å². The summed E-state index contributed by atoms with van der Waals surface area (Å²) in [5.41, 5.74) is 1.59. The van der Waals surface area contributed by atoms with Crippen molar-refractivity contribution in [3.8, 4) is 0 Å². The van der Waals surface area contributed by atoms with Crippen LogP contribution in [0.25, 0.3) is 0 Å². The summed E-state index contributed by atoms with van der Waals surface area (Å²) in [7, 11) is 0. The van der Waals surface area contributed by atoms with Gasteiger partial charge < -0.3 is 9.80 Å². The van der Waals surface area contributed by atoms with E-state index in [1.807, 2.05) is 32.0 Å². The van der Waals surface area contributed by atoms with Crippen LogP contribution < -0.4 is 0 Å². The fourth-order valence-electron chi connectivity index (χ4n) is 2.61. The van der Waals surface area contributed by atoms with Crippen LogP contribution in [0.15, 0.2) is 48.8 Å². The molecule has 1 aromatic carbocycles. The van der Waals surface area contributed by atoms with E-state index in [2.05, 4.69) is 4.98 Å². The summed E-state index contributed by atoms with van der Waals surface area (Å²) >= 11 is 0. The minimum Gasteiger partial charge on any atom is -0.325 e. The molecule has 0 aliphatic heterocycles. The number of hydrogen-bond acceptors (Lipinski definition) is 2. The van der Waals surface area contributed by atoms with Crippen LogP contribution in [0.2, 0.25) is 0 Å². The van der Waals surface area contributed by atoms with Gasteiger partial charge in [0.05, 0.1) is 0 Å². The van der Waals surface area contributed by atoms with Gasteiger partial charge >= 0.3 is 6.03 Å². The summed E-state index contributed by atoms with van der Waals surface area (Å²) in [6.07, 6.45) is 3.95. The average Bonchev–Trinajstić information content (AvgIpc) is 2.61. The highest BCUT2D eigenvalue weighted by atomic mass is 19.1. The maximum Gasteiger partial charge on any atom is 0.320 e. The second-order valence-corrected chi connectivity index (χ2v) is 5.58. The van der Waals surface area contributed by atoms with Gasteiger partial charge in [0.2, 0.25) is 0 Å². The number of aromatic nitrogens is 1. The third-order valence-corrected chi connectivity index (χ3v) is 4.01. The molecule has 0 unspecified atom stereocenters. The molecule has 0 saturated heterocycles. The van der Waals surface area contributed by atoms with E-state index in [0.29, 0.717) is 38.2 Å². The Bertz CT molecular complexity index is 644. The van der Waals surface area contributed by atoms with E-state index in [-0.39, 0.29) is 11.8 Å². The molecular weight excluding hydrogens is 305 g/mol. The molecular formula is C19H24FN3O. The van der Waals surface area contributed by atoms with Crippen molar-refractivity contribution >= 4 is 6.03 Å². The molecule has 0 spiro atoms. The van der Waals surface area contributed by atoms with Crippen molar-refractivity contribution in [3.63, 3.8) is 0 Å². The molecule has 0 fully saturated rings. The predicted octanol–water partition coefficient (Wildman–Crippen LogP) is 3.73. The third kappa shape index (κ3) is 4.78. The molecule has 128 valence electrons. The Kier molecular flexibility index (Phi) is 6.73. The quantitative estimate of drug-likeness (QED) is 0.776. The third-order valence-electron chi connectivity index (χ3n) is 4.01. The van der Waals surface area contributed by atoms with E-state index in [1.165, 1.54) is 6.07 Å². The van der Waals surface area contributed by atoms with Gasteiger partial charge in [-0.25, -0.2) is 9.18 Å². The van der Waals surface area contributed by atoms with Crippen molar-refractivity contribution in [3.05, 3.63) is 65.7 Å². The molecule has 2 amide bonds. The molecule has 0 radical (unpaired) electrons. The monoisotopic (exact) mass is 329 g/mol. The Labute approximate surface area is 142 Å². The lowest BCUT2D eigenvalue weighted by Gasteiger charge is -2.29. The summed E-state index contributed by atoms with van der Waals surface area (Å²) in [5, 5.41) is 0. The summed E-state index contributed by atoms with van der Waals surface area (Å²) in [5.74, 6) is -0.228. The molecule has 0 aliphatic rings. The van der Waals surface area contributed by atoms with Crippen LogP contribution in [0.4, 0.5) is 9.18 Å². The Balaban J connectivity index is 2.12. The zero-order valence-corrected chi connectivity index (χ0v) is 14.3. The number of carbonyl (C=O) groups is 1. The normalized spacial score (nSPS) is 10.5. The standard InChI is InChI=1S/C19H24FN3O/c1-3-22(4-2)19(24)23(15-16-8-7-12-21-14-16)13-11-17-9-5-6-10-18(17)20/h5-10,12,14H,3-4,11,13,15H2,1-2H3. The maximum atomic E-state index is 13.8. The zero-order valence-electron chi connectivity index (χ0n) is 14.3. The van der Waals surface area contributed by atoms with Crippen LogP contribution in [-0.4, -0.2) is 40.4 Å². The van der Waals surface area contributed by atoms with Gasteiger partial charge in [-0.15, -0.1) is 0 Å². The molecule has 5 heteroatoms. The fraction of sp³-hybridized carbons (Fsp3) is 0.368. The lowest BCUT2D eigenvalue weighted by atomic mass is 10.1. The Morgan fingerprint density at radius 1 is 1.08 bits per heavy atom. The van der Waals surface area contributed by atoms with Gasteiger partial charge in [-0.1, -0.05) is 24.3 Å². The summed E-state index contributed by atoms with van der Waals surface area (Å²) in [4.78, 5) is 20.4. The smallest absolute Gasteiger partial charge is 0.320 e. The van der Waals surface area contributed by atoms with Crippen molar-refractivity contribution in [1.29, 1.82) is 0 Å². The highest BCUT2D eigenvalue weighted by Gasteiger charge is 2.19. The number of nitrogens with zero attached hydrogens (tertiary/aromatic N) is 3. The number of benzene rings is 1. The van der Waals surface area contributed by atoms with E-state index >= 15 is 0 Å². The maximum absolute atomic E-state index is 13.8. The van der Waals surface area contributed by atoms with E-state index in [1.54, 1.807) is 34.3 Å². The van der Waals surface area contributed by atoms with Crippen LogP contribution in [0.5, 0.6) is 0 Å². The number of rotatable bonds is 7. The first-order chi connectivity index (χ1) is 11.7. The number of pyridine rings is 1. The minimum atomic E-state index is -0.228. The number of urea groups is 1. The Hall–Kier alpha value is -2.43. The minimum absolute atomic E-state index is 0.0276. The molecule has 0 saturated carbocycles. The SMILES string of the molecule is CCN(CC)C(=O)N(CCc1ccccc1F)Cc1cccnc1. The van der Waals surface area contributed by atoms with E-state index in [4.69, 9.17) is 0 Å². The molecule has 0 aliphatic carbocycles. The van der Waals surface area contributed by atoms with Gasteiger partial charge in [-0.05, 0) is 43.5 Å². The van der Waals surface area contributed by atoms with Crippen LogP contribution in [0, 0.1) is 5.82 Å². The molecule has 0 atom stereocenters. The molecule has 4 nitrogen and oxygen atoms in total. The van der Waals surface area contributed by atoms with Crippen LogP contribution >= 0.6 is 0 Å². The first-order valence-electron chi connectivity index (χ1n) is 8.31. The highest BCUT2D eigenvalue weighted by molar-refractivity contribution is 5.74. The van der Waals surface area contributed by atoms with Crippen LogP contribution in [0.3, 0.4) is 0 Å². The van der Waals surface area contributed by atoms with Crippen LogP contribution in [-0.2, 0) is 13.0 Å². The average molecular weight is 329 g/mol. The molecule has 24 heavy (non-hydrogen) atoms. The summed E-state index contributed by atoms with van der Waals surface area (Å²) < 4.78 is 13.8. The van der Waals surface area contributed by atoms with E-state index in [0.717, 1.165) is 5.56 Å². The topological polar surface area (TPSA) is 36.4 Å². The van der Waals surface area contributed by atoms with Crippen molar-refractivity contribution in [2.45, 2.75) is 26.8 Å². The zero-order chi connectivity index (χ0) is 17.4. The second kappa shape index (κ2) is 9.01. The predicted molar refractivity (Wildman–Crippen MR) is 93.1 cm³/mol. The van der Waals surface area contributed by atoms with Gasteiger partial charge in [-0.2, -0.15) is 0 Å². The van der Waals surface area contributed by atoms with Gasteiger partial charge in [0.15, 0.2) is 0 Å². The van der Waals surface area contributed by atoms with Crippen molar-refractivity contribution < 1.29 is 9.18 Å². The number of amides is 2. The Morgan fingerprint density at radius 3 is 2.46 bits per heavy atom. The summed E-state index contributed by atoms with van der Waals surface area (Å²) in [6.45, 7) is 6.15. The molecule has 0 bridgehead atoms. The number of carbonyl (C=O) groups excluding carboxylic acids is 1. The molecule has 2 rings (SSSR count). The van der Waals surface area contributed by atoms with E-state index < -0.39 is 0 Å². The molecule has 1 heterocycles. The fourth-order valence-corrected chi connectivity index (χ4v) is 2.61. The first-order valence-corrected chi connectivity index (χ1v) is 8.31. The Morgan fingerprint density at radius 2 is 1.83 bits per heavy atom. The van der Waals surface area contributed by atoms with Crippen molar-refractivity contribution in [2.24, 2.45) is 0 Å². The van der Waals surface area contributed by atoms with Crippen molar-refractivity contribution in [1.82, 2.24) is 14.8 Å². The number of halogens is 1. The lowest BCUT2D eigenvalue weighted by molar-refractivity contribution is 0.155. The second-order valence-electron chi connectivity index (χ2n) is 5.58. The molecule has 1 aromatic heterocycles. The van der Waals surface area contributed by atoms with Gasteiger partial charge in [0.1, 0.15) is 5.82 Å². The molecule has 0 N–H and O–H groups in total. The summed E-state index contributed by atoms with van der Waals surface area (Å²) in [6, 6.07) is 10.5. The highest BCUT2D eigenvalue weighted by Crippen LogP contribution is 2.12. The van der Waals surface area contributed by atoms with Crippen molar-refractivity contribution in [2.75, 3.05) is 19.6 Å². The lowest BCUT2D eigenvalue weighted by Crippen LogP contribution is -2.43. The van der Waals surface area contributed by atoms with Gasteiger partial charge in [0.25, 0.3) is 0 Å². The van der Waals surface area contributed by atoms with Crippen LogP contribution in [0.1, 0.15) is 25.0 Å². The number of hydrogen-bond donors (Lipinski definition) is 0. The molecule has 2 aromatic rings.